The summed E-state index contributed by atoms with van der Waals surface area (Å²) >= 11 is 4.59. The van der Waals surface area contributed by atoms with Crippen LogP contribution in [0.1, 0.15) is 0 Å². The van der Waals surface area contributed by atoms with E-state index in [2.05, 4.69) is 16.9 Å². The van der Waals surface area contributed by atoms with Crippen molar-refractivity contribution in [2.75, 3.05) is 31.8 Å². The fourth-order valence-corrected chi connectivity index (χ4v) is 2.93. The van der Waals surface area contributed by atoms with Gasteiger partial charge in [-0.05, 0) is 0 Å². The predicted molar refractivity (Wildman–Crippen MR) is 80.3 cm³/mol. The molecule has 7 nitrogen and oxygen atoms in total. The number of ether oxygens (including phenoxy) is 3. The quantitative estimate of drug-likeness (QED) is 0.715. The van der Waals surface area contributed by atoms with Crippen molar-refractivity contribution in [3.8, 4) is 17.2 Å². The molecular formula is C11H16N2O5S2. The Morgan fingerprint density at radius 1 is 1.20 bits per heavy atom. The molecule has 0 aliphatic rings. The maximum atomic E-state index is 11.8. The molecule has 0 amide bonds. The van der Waals surface area contributed by atoms with Crippen LogP contribution in [0, 0.1) is 0 Å². The van der Waals surface area contributed by atoms with Crippen LogP contribution in [0.5, 0.6) is 17.2 Å². The average molecular weight is 320 g/mol. The molecule has 3 N–H and O–H groups in total. The van der Waals surface area contributed by atoms with Crippen molar-refractivity contribution >= 4 is 32.9 Å². The molecule has 1 rings (SSSR count). The summed E-state index contributed by atoms with van der Waals surface area (Å²) in [5.74, 6) is 0.589. The Hall–Kier alpha value is -1.74. The number of methoxy groups -OCH3 is 3. The van der Waals surface area contributed by atoms with Gasteiger partial charge in [0.1, 0.15) is 5.75 Å². The first-order valence-corrected chi connectivity index (χ1v) is 7.47. The zero-order valence-corrected chi connectivity index (χ0v) is 12.9. The second-order valence-electron chi connectivity index (χ2n) is 3.74. The molecule has 0 saturated carbocycles. The van der Waals surface area contributed by atoms with Crippen LogP contribution in [0.25, 0.3) is 0 Å². The minimum Gasteiger partial charge on any atom is -0.493 e. The molecule has 0 saturated heterocycles. The van der Waals surface area contributed by atoms with Crippen LogP contribution in [0.4, 0.5) is 5.69 Å². The molecule has 0 spiro atoms. The smallest absolute Gasteiger partial charge is 0.239 e. The van der Waals surface area contributed by atoms with Gasteiger partial charge in [0.05, 0.1) is 32.0 Å². The van der Waals surface area contributed by atoms with Gasteiger partial charge in [0.2, 0.25) is 15.8 Å². The van der Waals surface area contributed by atoms with Crippen molar-refractivity contribution in [2.45, 2.75) is 0 Å². The normalized spacial score (nSPS) is 10.8. The molecule has 1 aromatic carbocycles. The van der Waals surface area contributed by atoms with Crippen LogP contribution in [0.3, 0.4) is 0 Å². The lowest BCUT2D eigenvalue weighted by atomic mass is 10.2. The number of benzene rings is 1. The lowest BCUT2D eigenvalue weighted by molar-refractivity contribution is 0.325. The van der Waals surface area contributed by atoms with Gasteiger partial charge < -0.3 is 19.9 Å². The molecule has 0 bridgehead atoms. The van der Waals surface area contributed by atoms with E-state index in [0.717, 1.165) is 0 Å². The molecule has 20 heavy (non-hydrogen) atoms. The molecule has 0 atom stereocenters. The van der Waals surface area contributed by atoms with Crippen molar-refractivity contribution in [3.63, 3.8) is 0 Å². The first kappa shape index (κ1) is 16.3. The molecule has 0 aliphatic heterocycles. The summed E-state index contributed by atoms with van der Waals surface area (Å²) in [6.45, 7) is 0. The van der Waals surface area contributed by atoms with E-state index in [0.29, 0.717) is 17.2 Å². The van der Waals surface area contributed by atoms with Crippen LogP contribution in [0.15, 0.2) is 12.1 Å². The van der Waals surface area contributed by atoms with E-state index in [1.165, 1.54) is 33.5 Å². The highest BCUT2D eigenvalue weighted by Crippen LogP contribution is 2.40. The molecule has 1 aromatic rings. The molecule has 0 aliphatic carbocycles. The molecular weight excluding hydrogens is 304 g/mol. The van der Waals surface area contributed by atoms with Crippen molar-refractivity contribution in [2.24, 2.45) is 5.73 Å². The highest BCUT2D eigenvalue weighted by molar-refractivity contribution is 7.95. The van der Waals surface area contributed by atoms with Crippen LogP contribution in [-0.4, -0.2) is 40.5 Å². The van der Waals surface area contributed by atoms with Crippen molar-refractivity contribution in [3.05, 3.63) is 12.1 Å². The average Bonchev–Trinajstić information content (AvgIpc) is 2.35. The fraction of sp³-hybridized carbons (Fsp3) is 0.364. The van der Waals surface area contributed by atoms with Gasteiger partial charge in [0.25, 0.3) is 0 Å². The van der Waals surface area contributed by atoms with Gasteiger partial charge in [0, 0.05) is 12.1 Å². The monoisotopic (exact) mass is 320 g/mol. The first-order valence-electron chi connectivity index (χ1n) is 5.41. The van der Waals surface area contributed by atoms with Gasteiger partial charge in [-0.25, -0.2) is 8.42 Å². The molecule has 9 heteroatoms. The standard InChI is InChI=1S/C11H16N2O5S2/c1-16-8-4-7(5-9(17-2)11(8)18-3)13-20(14,15)6-10(12)19/h4-5,13H,6H2,1-3H3,(H2,12,19). The van der Waals surface area contributed by atoms with Crippen LogP contribution in [-0.2, 0) is 10.0 Å². The van der Waals surface area contributed by atoms with Gasteiger partial charge >= 0.3 is 0 Å². The molecule has 0 radical (unpaired) electrons. The Labute approximate surface area is 123 Å². The van der Waals surface area contributed by atoms with Gasteiger partial charge in [-0.15, -0.1) is 0 Å². The Balaban J connectivity index is 3.17. The zero-order valence-electron chi connectivity index (χ0n) is 11.3. The van der Waals surface area contributed by atoms with Gasteiger partial charge in [0.15, 0.2) is 11.5 Å². The second kappa shape index (κ2) is 6.62. The van der Waals surface area contributed by atoms with Gasteiger partial charge in [-0.1, -0.05) is 12.2 Å². The van der Waals surface area contributed by atoms with E-state index < -0.39 is 15.8 Å². The summed E-state index contributed by atoms with van der Waals surface area (Å²) in [6.07, 6.45) is 0. The number of rotatable bonds is 7. The molecule has 0 unspecified atom stereocenters. The number of hydrogen-bond donors (Lipinski definition) is 2. The minimum atomic E-state index is -3.67. The lowest BCUT2D eigenvalue weighted by Gasteiger charge is -2.15. The minimum absolute atomic E-state index is 0.120. The van der Waals surface area contributed by atoms with Crippen LogP contribution in [0.2, 0.25) is 0 Å². The third kappa shape index (κ3) is 4.14. The first-order chi connectivity index (χ1) is 9.32. The van der Waals surface area contributed by atoms with Crippen LogP contribution < -0.4 is 24.7 Å². The summed E-state index contributed by atoms with van der Waals surface area (Å²) in [5, 5.41) is 0. The molecule has 0 fully saturated rings. The zero-order chi connectivity index (χ0) is 15.3. The molecule has 0 heterocycles. The van der Waals surface area contributed by atoms with E-state index in [4.69, 9.17) is 19.9 Å². The Kier molecular flexibility index (Phi) is 5.40. The fourth-order valence-electron chi connectivity index (χ4n) is 1.54. The van der Waals surface area contributed by atoms with E-state index in [1.807, 2.05) is 0 Å². The highest BCUT2D eigenvalue weighted by atomic mass is 32.2. The van der Waals surface area contributed by atoms with E-state index >= 15 is 0 Å². The maximum absolute atomic E-state index is 11.8. The number of sulfonamides is 1. The van der Waals surface area contributed by atoms with E-state index in [1.54, 1.807) is 0 Å². The number of nitrogens with one attached hydrogen (secondary N) is 1. The van der Waals surface area contributed by atoms with E-state index in [9.17, 15) is 8.42 Å². The Bertz CT molecular complexity index is 576. The van der Waals surface area contributed by atoms with E-state index in [-0.39, 0.29) is 10.7 Å². The molecule has 0 aromatic heterocycles. The third-order valence-electron chi connectivity index (χ3n) is 2.27. The second-order valence-corrected chi connectivity index (χ2v) is 5.99. The van der Waals surface area contributed by atoms with Gasteiger partial charge in [-0.2, -0.15) is 0 Å². The third-order valence-corrected chi connectivity index (χ3v) is 3.84. The Morgan fingerprint density at radius 3 is 2.05 bits per heavy atom. The topological polar surface area (TPSA) is 99.9 Å². The summed E-state index contributed by atoms with van der Waals surface area (Å²) in [5.41, 5.74) is 5.49. The number of nitrogens with two attached hydrogens (primary N) is 1. The lowest BCUT2D eigenvalue weighted by Crippen LogP contribution is -2.26. The maximum Gasteiger partial charge on any atom is 0.239 e. The van der Waals surface area contributed by atoms with Crippen molar-refractivity contribution in [1.29, 1.82) is 0 Å². The number of thiocarbonyl (C=S) groups is 1. The summed E-state index contributed by atoms with van der Waals surface area (Å²) in [7, 11) is 0.654. The highest BCUT2D eigenvalue weighted by Gasteiger charge is 2.17. The predicted octanol–water partition coefficient (Wildman–Crippen LogP) is 0.740. The van der Waals surface area contributed by atoms with Gasteiger partial charge in [-0.3, -0.25) is 4.72 Å². The summed E-state index contributed by atoms with van der Waals surface area (Å²) < 4.78 is 41.3. The SMILES string of the molecule is COc1cc(NS(=O)(=O)CC(N)=S)cc(OC)c1OC. The summed E-state index contributed by atoms with van der Waals surface area (Å²) in [4.78, 5) is -0.120. The summed E-state index contributed by atoms with van der Waals surface area (Å²) in [6, 6.07) is 2.94. The van der Waals surface area contributed by atoms with Crippen molar-refractivity contribution in [1.82, 2.24) is 0 Å². The number of anilines is 1. The Morgan fingerprint density at radius 2 is 1.70 bits per heavy atom. The van der Waals surface area contributed by atoms with Crippen LogP contribution >= 0.6 is 12.2 Å². The molecule has 112 valence electrons. The van der Waals surface area contributed by atoms with Crippen molar-refractivity contribution < 1.29 is 22.6 Å². The number of hydrogen-bond acceptors (Lipinski definition) is 6. The largest absolute Gasteiger partial charge is 0.493 e.